The lowest BCUT2D eigenvalue weighted by Crippen LogP contribution is -2.45. The van der Waals surface area contributed by atoms with E-state index in [1.165, 1.54) is 32.1 Å². The lowest BCUT2D eigenvalue weighted by Gasteiger charge is -2.35. The van der Waals surface area contributed by atoms with E-state index in [1.54, 1.807) is 0 Å². The van der Waals surface area contributed by atoms with Crippen LogP contribution in [0.25, 0.3) is 0 Å². The van der Waals surface area contributed by atoms with E-state index in [4.69, 9.17) is 4.74 Å². The third kappa shape index (κ3) is 7.48. The summed E-state index contributed by atoms with van der Waals surface area (Å²) in [7, 11) is 0. The van der Waals surface area contributed by atoms with E-state index in [-0.39, 0.29) is 17.9 Å². The van der Waals surface area contributed by atoms with Gasteiger partial charge in [-0.25, -0.2) is 0 Å². The molecule has 0 bridgehead atoms. The first-order valence-electron chi connectivity index (χ1n) is 13.3. The second-order valence-corrected chi connectivity index (χ2v) is 10.3. The van der Waals surface area contributed by atoms with Crippen molar-refractivity contribution in [3.05, 3.63) is 29.8 Å². The molecule has 0 radical (unpaired) electrons. The third-order valence-corrected chi connectivity index (χ3v) is 7.29. The number of carbonyl (C=O) groups excluding carboxylic acids is 2. The van der Waals surface area contributed by atoms with Gasteiger partial charge in [0.25, 0.3) is 5.91 Å². The summed E-state index contributed by atoms with van der Waals surface area (Å²) in [5.41, 5.74) is 0.624. The molecular formula is C28H44N2O3. The molecule has 184 valence electrons. The first-order chi connectivity index (χ1) is 16.0. The van der Waals surface area contributed by atoms with Gasteiger partial charge in [-0.15, -0.1) is 0 Å². The van der Waals surface area contributed by atoms with Crippen LogP contribution in [-0.2, 0) is 4.79 Å². The van der Waals surface area contributed by atoms with Crippen LogP contribution >= 0.6 is 0 Å². The molecule has 1 aromatic carbocycles. The first kappa shape index (κ1) is 25.6. The van der Waals surface area contributed by atoms with Gasteiger partial charge in [0.05, 0.1) is 11.6 Å². The van der Waals surface area contributed by atoms with Crippen LogP contribution in [0.3, 0.4) is 0 Å². The Morgan fingerprint density at radius 3 is 2.52 bits per heavy atom. The monoisotopic (exact) mass is 456 g/mol. The molecule has 3 rings (SSSR count). The average molecular weight is 457 g/mol. The van der Waals surface area contributed by atoms with Crippen LogP contribution in [0.15, 0.2) is 24.3 Å². The van der Waals surface area contributed by atoms with Crippen LogP contribution in [0.1, 0.15) is 95.3 Å². The molecule has 0 N–H and O–H groups in total. The fourth-order valence-corrected chi connectivity index (χ4v) is 5.40. The number of hydrogen-bond acceptors (Lipinski definition) is 3. The Bertz CT molecular complexity index is 757. The molecule has 2 amide bonds. The normalized spacial score (nSPS) is 21.2. The van der Waals surface area contributed by atoms with Gasteiger partial charge >= 0.3 is 0 Å². The maximum atomic E-state index is 13.5. The molecule has 0 aromatic heterocycles. The van der Waals surface area contributed by atoms with Gasteiger partial charge < -0.3 is 14.5 Å². The van der Waals surface area contributed by atoms with Crippen molar-refractivity contribution in [2.24, 2.45) is 11.8 Å². The smallest absolute Gasteiger partial charge is 0.257 e. The molecule has 1 fully saturated rings. The summed E-state index contributed by atoms with van der Waals surface area (Å²) >= 11 is 0. The lowest BCUT2D eigenvalue weighted by atomic mass is 9.86. The van der Waals surface area contributed by atoms with Crippen molar-refractivity contribution >= 4 is 11.8 Å². The molecular weight excluding hydrogens is 412 g/mol. The zero-order chi connectivity index (χ0) is 23.6. The van der Waals surface area contributed by atoms with Crippen LogP contribution in [0.4, 0.5) is 0 Å². The molecule has 5 heteroatoms. The Morgan fingerprint density at radius 2 is 1.79 bits per heavy atom. The summed E-state index contributed by atoms with van der Waals surface area (Å²) in [5, 5.41) is 0. The molecule has 1 saturated carbocycles. The highest BCUT2D eigenvalue weighted by molar-refractivity contribution is 5.96. The predicted octanol–water partition coefficient (Wildman–Crippen LogP) is 5.93. The van der Waals surface area contributed by atoms with Crippen LogP contribution in [0.5, 0.6) is 5.75 Å². The van der Waals surface area contributed by atoms with Crippen LogP contribution < -0.4 is 4.74 Å². The fraction of sp³-hybridized carbons (Fsp3) is 0.714. The van der Waals surface area contributed by atoms with Crippen molar-refractivity contribution < 1.29 is 14.3 Å². The Morgan fingerprint density at radius 1 is 1.06 bits per heavy atom. The second-order valence-electron chi connectivity index (χ2n) is 10.3. The third-order valence-electron chi connectivity index (χ3n) is 7.29. The van der Waals surface area contributed by atoms with Crippen LogP contribution in [-0.4, -0.2) is 53.9 Å². The molecule has 1 aliphatic carbocycles. The van der Waals surface area contributed by atoms with Gasteiger partial charge in [-0.3, -0.25) is 9.59 Å². The van der Waals surface area contributed by atoms with E-state index < -0.39 is 0 Å². The summed E-state index contributed by atoms with van der Waals surface area (Å²) in [4.78, 5) is 30.6. The van der Waals surface area contributed by atoms with Gasteiger partial charge in [0.1, 0.15) is 12.4 Å². The Labute approximate surface area is 200 Å². The van der Waals surface area contributed by atoms with Crippen LogP contribution in [0, 0.1) is 11.8 Å². The zero-order valence-corrected chi connectivity index (χ0v) is 21.1. The van der Waals surface area contributed by atoms with Crippen molar-refractivity contribution in [1.82, 2.24) is 9.80 Å². The Balaban J connectivity index is 1.78. The molecule has 1 atom stereocenters. The van der Waals surface area contributed by atoms with Crippen molar-refractivity contribution in [3.63, 3.8) is 0 Å². The minimum Gasteiger partial charge on any atom is -0.491 e. The number of nitrogens with zero attached hydrogens (tertiary/aromatic N) is 2. The Hall–Kier alpha value is -2.04. The lowest BCUT2D eigenvalue weighted by molar-refractivity contribution is -0.135. The highest BCUT2D eigenvalue weighted by atomic mass is 16.5. The van der Waals surface area contributed by atoms with E-state index in [2.05, 4.69) is 18.7 Å². The second kappa shape index (κ2) is 13.0. The summed E-state index contributed by atoms with van der Waals surface area (Å²) in [6.45, 7) is 9.00. The standard InChI is InChI=1S/C28H44N2O3/c1-4-29-18-10-11-19-30(27(31)17-16-23-12-6-5-7-13-23)24(20-22(2)3)21-33-26-15-9-8-14-25(26)28(29)32/h8-9,14-15,22-24H,4-7,10-13,16-21H2,1-3H3/t24-/m0/s1. The number of amides is 2. The molecule has 33 heavy (non-hydrogen) atoms. The first-order valence-corrected chi connectivity index (χ1v) is 13.3. The number of carbonyl (C=O) groups is 2. The zero-order valence-electron chi connectivity index (χ0n) is 21.1. The maximum Gasteiger partial charge on any atom is 0.257 e. The van der Waals surface area contributed by atoms with Gasteiger partial charge in [0.15, 0.2) is 0 Å². The van der Waals surface area contributed by atoms with Gasteiger partial charge in [0, 0.05) is 26.1 Å². The quantitative estimate of drug-likeness (QED) is 0.533. The van der Waals surface area contributed by atoms with E-state index >= 15 is 0 Å². The van der Waals surface area contributed by atoms with Crippen molar-refractivity contribution in [1.29, 1.82) is 0 Å². The van der Waals surface area contributed by atoms with Crippen LogP contribution in [0.2, 0.25) is 0 Å². The average Bonchev–Trinajstić information content (AvgIpc) is 2.82. The van der Waals surface area contributed by atoms with E-state index in [1.807, 2.05) is 36.1 Å². The largest absolute Gasteiger partial charge is 0.491 e. The fourth-order valence-electron chi connectivity index (χ4n) is 5.40. The van der Waals surface area contributed by atoms with E-state index in [0.29, 0.717) is 49.3 Å². The SMILES string of the molecule is CCN1CCCCN(C(=O)CCC2CCCCC2)[C@@H](CC(C)C)COc2ccccc2C1=O. The summed E-state index contributed by atoms with van der Waals surface area (Å²) in [6.07, 6.45) is 10.9. The molecule has 2 aliphatic rings. The molecule has 0 saturated heterocycles. The number of benzene rings is 1. The molecule has 1 heterocycles. The van der Waals surface area contributed by atoms with E-state index in [9.17, 15) is 9.59 Å². The summed E-state index contributed by atoms with van der Waals surface area (Å²) < 4.78 is 6.27. The summed E-state index contributed by atoms with van der Waals surface area (Å²) in [5.74, 6) is 2.13. The number of para-hydroxylation sites is 1. The Kier molecular flexibility index (Phi) is 10.1. The number of hydrogen-bond donors (Lipinski definition) is 0. The van der Waals surface area contributed by atoms with Crippen molar-refractivity contribution in [2.45, 2.75) is 91.0 Å². The highest BCUT2D eigenvalue weighted by Crippen LogP contribution is 2.28. The predicted molar refractivity (Wildman–Crippen MR) is 134 cm³/mol. The highest BCUT2D eigenvalue weighted by Gasteiger charge is 2.28. The molecule has 5 nitrogen and oxygen atoms in total. The molecule has 1 aromatic rings. The van der Waals surface area contributed by atoms with Gasteiger partial charge in [0.2, 0.25) is 5.91 Å². The van der Waals surface area contributed by atoms with Gasteiger partial charge in [-0.05, 0) is 56.6 Å². The topological polar surface area (TPSA) is 49.9 Å². The van der Waals surface area contributed by atoms with E-state index in [0.717, 1.165) is 32.2 Å². The molecule has 0 spiro atoms. The minimum absolute atomic E-state index is 0.0359. The maximum absolute atomic E-state index is 13.5. The summed E-state index contributed by atoms with van der Waals surface area (Å²) in [6, 6.07) is 7.59. The van der Waals surface area contributed by atoms with Crippen molar-refractivity contribution in [3.8, 4) is 5.75 Å². The number of fused-ring (bicyclic) bond motifs is 1. The van der Waals surface area contributed by atoms with Gasteiger partial charge in [-0.1, -0.05) is 58.1 Å². The minimum atomic E-state index is 0.0359. The number of ether oxygens (including phenoxy) is 1. The molecule has 1 aliphatic heterocycles. The van der Waals surface area contributed by atoms with Gasteiger partial charge in [-0.2, -0.15) is 0 Å². The molecule has 0 unspecified atom stereocenters. The number of rotatable bonds is 6. The van der Waals surface area contributed by atoms with Crippen molar-refractivity contribution in [2.75, 3.05) is 26.2 Å².